The van der Waals surface area contributed by atoms with E-state index in [0.29, 0.717) is 18.6 Å². The van der Waals surface area contributed by atoms with E-state index in [1.807, 2.05) is 6.92 Å². The third kappa shape index (κ3) is 2.20. The minimum atomic E-state index is -2.82. The molecule has 2 N–H and O–H groups in total. The highest BCUT2D eigenvalue weighted by Crippen LogP contribution is 2.24. The highest BCUT2D eigenvalue weighted by atomic mass is 32.2. The number of rotatable bonds is 3. The van der Waals surface area contributed by atoms with Gasteiger partial charge in [-0.1, -0.05) is 6.92 Å². The second-order valence-corrected chi connectivity index (χ2v) is 5.96. The van der Waals surface area contributed by atoms with Crippen molar-refractivity contribution in [2.75, 3.05) is 5.75 Å². The van der Waals surface area contributed by atoms with Crippen molar-refractivity contribution in [3.63, 3.8) is 0 Å². The summed E-state index contributed by atoms with van der Waals surface area (Å²) in [6, 6.07) is 0.113. The van der Waals surface area contributed by atoms with Gasteiger partial charge in [-0.25, -0.2) is 8.42 Å². The van der Waals surface area contributed by atoms with Gasteiger partial charge < -0.3 is 5.73 Å². The average Bonchev–Trinajstić information content (AvgIpc) is 2.36. The summed E-state index contributed by atoms with van der Waals surface area (Å²) in [6.45, 7) is 1.90. The van der Waals surface area contributed by atoms with Crippen LogP contribution in [0, 0.1) is 0 Å². The first kappa shape index (κ1) is 9.99. The van der Waals surface area contributed by atoms with Gasteiger partial charge in [-0.3, -0.25) is 0 Å². The van der Waals surface area contributed by atoms with E-state index < -0.39 is 9.84 Å². The van der Waals surface area contributed by atoms with Gasteiger partial charge in [0.2, 0.25) is 0 Å². The van der Waals surface area contributed by atoms with E-state index in [4.69, 9.17) is 5.73 Å². The molecule has 2 atom stereocenters. The highest BCUT2D eigenvalue weighted by Gasteiger charge is 2.31. The summed E-state index contributed by atoms with van der Waals surface area (Å²) in [7, 11) is -2.82. The van der Waals surface area contributed by atoms with Crippen molar-refractivity contribution < 1.29 is 8.42 Å². The monoisotopic (exact) mass is 191 g/mol. The normalized spacial score (nSPS) is 30.8. The van der Waals surface area contributed by atoms with E-state index in [-0.39, 0.29) is 11.3 Å². The predicted molar refractivity (Wildman–Crippen MR) is 49.7 cm³/mol. The van der Waals surface area contributed by atoms with Crippen LogP contribution >= 0.6 is 0 Å². The van der Waals surface area contributed by atoms with Crippen molar-refractivity contribution in [2.24, 2.45) is 5.73 Å². The van der Waals surface area contributed by atoms with E-state index in [0.717, 1.165) is 12.8 Å². The predicted octanol–water partition coefficient (Wildman–Crippen LogP) is 0.691. The Morgan fingerprint density at radius 2 is 2.08 bits per heavy atom. The molecule has 1 fully saturated rings. The SMILES string of the molecule is CCCS(=O)(=O)C1CCC(N)C1. The van der Waals surface area contributed by atoms with E-state index in [1.54, 1.807) is 0 Å². The number of sulfone groups is 1. The summed E-state index contributed by atoms with van der Waals surface area (Å²) in [6.07, 6.45) is 3.02. The van der Waals surface area contributed by atoms with Gasteiger partial charge in [-0.05, 0) is 25.7 Å². The second-order valence-electron chi connectivity index (χ2n) is 3.56. The maximum Gasteiger partial charge on any atom is 0.153 e. The van der Waals surface area contributed by atoms with E-state index in [9.17, 15) is 8.42 Å². The van der Waals surface area contributed by atoms with Gasteiger partial charge in [-0.2, -0.15) is 0 Å². The van der Waals surface area contributed by atoms with Gasteiger partial charge in [0.05, 0.1) is 11.0 Å². The number of nitrogens with two attached hydrogens (primary N) is 1. The molecule has 0 heterocycles. The maximum absolute atomic E-state index is 11.5. The Hall–Kier alpha value is -0.0900. The lowest BCUT2D eigenvalue weighted by Gasteiger charge is -2.09. The number of hydrogen-bond acceptors (Lipinski definition) is 3. The van der Waals surface area contributed by atoms with Gasteiger partial charge in [0.25, 0.3) is 0 Å². The van der Waals surface area contributed by atoms with Crippen molar-refractivity contribution in [2.45, 2.75) is 43.9 Å². The summed E-state index contributed by atoms with van der Waals surface area (Å²) in [4.78, 5) is 0. The quantitative estimate of drug-likeness (QED) is 0.714. The zero-order valence-corrected chi connectivity index (χ0v) is 8.31. The molecule has 1 aliphatic rings. The molecule has 0 aliphatic heterocycles. The largest absolute Gasteiger partial charge is 0.328 e. The third-order valence-electron chi connectivity index (χ3n) is 2.42. The molecule has 2 unspecified atom stereocenters. The fourth-order valence-electron chi connectivity index (χ4n) is 1.75. The van der Waals surface area contributed by atoms with E-state index >= 15 is 0 Å². The fraction of sp³-hybridized carbons (Fsp3) is 1.00. The Bertz CT molecular complexity index is 235. The third-order valence-corrected chi connectivity index (χ3v) is 4.84. The standard InChI is InChI=1S/C8H17NO2S/c1-2-5-12(10,11)8-4-3-7(9)6-8/h7-8H,2-6,9H2,1H3. The summed E-state index contributed by atoms with van der Waals surface area (Å²) < 4.78 is 23.0. The van der Waals surface area contributed by atoms with Crippen molar-refractivity contribution >= 4 is 9.84 Å². The molecule has 0 radical (unpaired) electrons. The molecule has 0 aromatic heterocycles. The summed E-state index contributed by atoms with van der Waals surface area (Å²) in [5.74, 6) is 0.324. The minimum absolute atomic E-state index is 0.113. The van der Waals surface area contributed by atoms with Crippen LogP contribution in [0.4, 0.5) is 0 Å². The molecule has 1 rings (SSSR count). The smallest absolute Gasteiger partial charge is 0.153 e. The molecule has 1 saturated carbocycles. The molecular formula is C8H17NO2S. The molecule has 72 valence electrons. The molecule has 4 heteroatoms. The van der Waals surface area contributed by atoms with Gasteiger partial charge in [0, 0.05) is 6.04 Å². The lowest BCUT2D eigenvalue weighted by Crippen LogP contribution is -2.24. The molecule has 1 aliphatic carbocycles. The Kier molecular flexibility index (Phi) is 3.12. The first-order valence-corrected chi connectivity index (χ1v) is 6.25. The number of hydrogen-bond donors (Lipinski definition) is 1. The summed E-state index contributed by atoms with van der Waals surface area (Å²) in [5.41, 5.74) is 5.65. The van der Waals surface area contributed by atoms with E-state index in [2.05, 4.69) is 0 Å². The van der Waals surface area contributed by atoms with Crippen LogP contribution in [0.25, 0.3) is 0 Å². The Morgan fingerprint density at radius 1 is 1.42 bits per heavy atom. The Balaban J connectivity index is 2.58. The maximum atomic E-state index is 11.5. The molecule has 0 bridgehead atoms. The van der Waals surface area contributed by atoms with Crippen LogP contribution in [-0.4, -0.2) is 25.5 Å². The molecular weight excluding hydrogens is 174 g/mol. The molecule has 0 aromatic carbocycles. The molecule has 12 heavy (non-hydrogen) atoms. The summed E-state index contributed by atoms with van der Waals surface area (Å²) >= 11 is 0. The lowest BCUT2D eigenvalue weighted by molar-refractivity contribution is 0.576. The first-order valence-electron chi connectivity index (χ1n) is 4.53. The van der Waals surface area contributed by atoms with Crippen LogP contribution in [-0.2, 0) is 9.84 Å². The average molecular weight is 191 g/mol. The fourth-order valence-corrected chi connectivity index (χ4v) is 3.69. The summed E-state index contributed by atoms with van der Waals surface area (Å²) in [5, 5.41) is -0.146. The van der Waals surface area contributed by atoms with Crippen molar-refractivity contribution in [1.82, 2.24) is 0 Å². The van der Waals surface area contributed by atoms with Crippen molar-refractivity contribution in [1.29, 1.82) is 0 Å². The van der Waals surface area contributed by atoms with Crippen LogP contribution < -0.4 is 5.73 Å². The van der Waals surface area contributed by atoms with E-state index in [1.165, 1.54) is 0 Å². The van der Waals surface area contributed by atoms with Gasteiger partial charge in [0.1, 0.15) is 0 Å². The Labute approximate surface area is 74.3 Å². The minimum Gasteiger partial charge on any atom is -0.328 e. The first-order chi connectivity index (χ1) is 5.56. The molecule has 0 amide bonds. The zero-order chi connectivity index (χ0) is 9.19. The van der Waals surface area contributed by atoms with Crippen molar-refractivity contribution in [3.8, 4) is 0 Å². The molecule has 0 aromatic rings. The molecule has 0 saturated heterocycles. The Morgan fingerprint density at radius 3 is 2.50 bits per heavy atom. The second kappa shape index (κ2) is 3.75. The van der Waals surface area contributed by atoms with Crippen LogP contribution in [0.1, 0.15) is 32.6 Å². The van der Waals surface area contributed by atoms with Gasteiger partial charge >= 0.3 is 0 Å². The van der Waals surface area contributed by atoms with Crippen LogP contribution in [0.15, 0.2) is 0 Å². The van der Waals surface area contributed by atoms with Crippen LogP contribution in [0.5, 0.6) is 0 Å². The lowest BCUT2D eigenvalue weighted by atomic mass is 10.3. The van der Waals surface area contributed by atoms with Crippen LogP contribution in [0.2, 0.25) is 0 Å². The topological polar surface area (TPSA) is 60.2 Å². The molecule has 0 spiro atoms. The van der Waals surface area contributed by atoms with Crippen molar-refractivity contribution in [3.05, 3.63) is 0 Å². The highest BCUT2D eigenvalue weighted by molar-refractivity contribution is 7.92. The van der Waals surface area contributed by atoms with Gasteiger partial charge in [0.15, 0.2) is 9.84 Å². The van der Waals surface area contributed by atoms with Crippen LogP contribution in [0.3, 0.4) is 0 Å². The molecule has 3 nitrogen and oxygen atoms in total. The zero-order valence-electron chi connectivity index (χ0n) is 7.49. The van der Waals surface area contributed by atoms with Gasteiger partial charge in [-0.15, -0.1) is 0 Å².